The van der Waals surface area contributed by atoms with Gasteiger partial charge >= 0.3 is 0 Å². The third-order valence-corrected chi connectivity index (χ3v) is 4.33. The normalized spacial score (nSPS) is 15.9. The summed E-state index contributed by atoms with van der Waals surface area (Å²) in [6.07, 6.45) is 2.38. The largest absolute Gasteiger partial charge is 0.493 e. The quantitative estimate of drug-likeness (QED) is 0.817. The molecule has 1 aliphatic heterocycles. The summed E-state index contributed by atoms with van der Waals surface area (Å²) in [6, 6.07) is 5.39. The number of benzene rings is 1. The van der Waals surface area contributed by atoms with Crippen LogP contribution in [0.25, 0.3) is 0 Å². The van der Waals surface area contributed by atoms with Crippen LogP contribution in [0.1, 0.15) is 23.2 Å². The fourth-order valence-electron chi connectivity index (χ4n) is 2.17. The van der Waals surface area contributed by atoms with Crippen LogP contribution in [0.3, 0.4) is 0 Å². The van der Waals surface area contributed by atoms with E-state index < -0.39 is 0 Å². The van der Waals surface area contributed by atoms with Gasteiger partial charge in [0.1, 0.15) is 6.10 Å². The van der Waals surface area contributed by atoms with Crippen molar-refractivity contribution in [2.75, 3.05) is 32.2 Å². The smallest absolute Gasteiger partial charge is 0.176 e. The molecule has 20 heavy (non-hydrogen) atoms. The maximum atomic E-state index is 11.9. The first-order valence-corrected chi connectivity index (χ1v) is 8.00. The zero-order valence-electron chi connectivity index (χ0n) is 12.0. The van der Waals surface area contributed by atoms with Crippen LogP contribution >= 0.6 is 11.8 Å². The molecule has 1 heterocycles. The van der Waals surface area contributed by atoms with Crippen molar-refractivity contribution in [2.45, 2.75) is 18.9 Å². The topological polar surface area (TPSA) is 47.6 Å². The molecule has 0 unspecified atom stereocenters. The van der Waals surface area contributed by atoms with Crippen LogP contribution in [-0.4, -0.2) is 44.1 Å². The Labute approximate surface area is 124 Å². The molecule has 2 rings (SSSR count). The lowest BCUT2D eigenvalue weighted by Gasteiger charge is -2.23. The van der Waals surface area contributed by atoms with Gasteiger partial charge in [-0.1, -0.05) is 0 Å². The predicted octanol–water partition coefficient (Wildman–Crippen LogP) is 2.37. The summed E-state index contributed by atoms with van der Waals surface area (Å²) < 4.78 is 11.4. The number of methoxy groups -OCH3 is 1. The second-order valence-corrected chi connectivity index (χ2v) is 5.97. The molecule has 1 aromatic carbocycles. The van der Waals surface area contributed by atoms with Gasteiger partial charge in [0.2, 0.25) is 0 Å². The highest BCUT2D eigenvalue weighted by molar-refractivity contribution is 7.99. The standard InChI is InChI=1S/C15H21NO3S/c1-16-10-13(17)11-3-4-14(15(9-11)18-2)19-12-5-7-20-8-6-12/h3-4,9,12,16H,5-8,10H2,1-2H3. The van der Waals surface area contributed by atoms with Gasteiger partial charge in [0.05, 0.1) is 13.7 Å². The van der Waals surface area contributed by atoms with Gasteiger partial charge in [-0.15, -0.1) is 0 Å². The summed E-state index contributed by atoms with van der Waals surface area (Å²) in [5.74, 6) is 3.69. The molecule has 0 spiro atoms. The molecule has 1 aromatic rings. The number of ether oxygens (including phenoxy) is 2. The zero-order chi connectivity index (χ0) is 14.4. The van der Waals surface area contributed by atoms with Crippen LogP contribution in [0.4, 0.5) is 0 Å². The van der Waals surface area contributed by atoms with E-state index in [-0.39, 0.29) is 11.9 Å². The summed E-state index contributed by atoms with van der Waals surface area (Å²) in [4.78, 5) is 11.9. The van der Waals surface area contributed by atoms with Gasteiger partial charge in [-0.05, 0) is 49.6 Å². The summed E-state index contributed by atoms with van der Waals surface area (Å²) in [5, 5.41) is 2.86. The molecule has 0 amide bonds. The number of carbonyl (C=O) groups excluding carboxylic acids is 1. The highest BCUT2D eigenvalue weighted by Crippen LogP contribution is 2.31. The molecule has 0 saturated carbocycles. The molecule has 1 fully saturated rings. The molecule has 110 valence electrons. The Hall–Kier alpha value is -1.20. The minimum atomic E-state index is 0.0476. The number of nitrogens with one attached hydrogen (secondary N) is 1. The molecule has 0 aliphatic carbocycles. The highest BCUT2D eigenvalue weighted by Gasteiger charge is 2.18. The number of hydrogen-bond donors (Lipinski definition) is 1. The molecule has 0 aromatic heterocycles. The van der Waals surface area contributed by atoms with E-state index in [4.69, 9.17) is 9.47 Å². The average molecular weight is 295 g/mol. The Kier molecular flexibility index (Phi) is 5.73. The third kappa shape index (κ3) is 3.90. The minimum Gasteiger partial charge on any atom is -0.493 e. The van der Waals surface area contributed by atoms with Crippen molar-refractivity contribution in [3.8, 4) is 11.5 Å². The van der Waals surface area contributed by atoms with Crippen molar-refractivity contribution in [3.05, 3.63) is 23.8 Å². The van der Waals surface area contributed by atoms with Crippen molar-refractivity contribution in [1.29, 1.82) is 0 Å². The second kappa shape index (κ2) is 7.55. The van der Waals surface area contributed by atoms with E-state index in [1.165, 1.54) is 0 Å². The maximum absolute atomic E-state index is 11.9. The van der Waals surface area contributed by atoms with Crippen molar-refractivity contribution >= 4 is 17.5 Å². The van der Waals surface area contributed by atoms with Crippen LogP contribution < -0.4 is 14.8 Å². The van der Waals surface area contributed by atoms with Crippen molar-refractivity contribution in [2.24, 2.45) is 0 Å². The van der Waals surface area contributed by atoms with Gasteiger partial charge in [0.25, 0.3) is 0 Å². The molecule has 1 saturated heterocycles. The minimum absolute atomic E-state index is 0.0476. The molecule has 4 nitrogen and oxygen atoms in total. The van der Waals surface area contributed by atoms with Crippen LogP contribution in [0.15, 0.2) is 18.2 Å². The monoisotopic (exact) mass is 295 g/mol. The first-order valence-electron chi connectivity index (χ1n) is 6.85. The number of thioether (sulfide) groups is 1. The van der Waals surface area contributed by atoms with E-state index in [2.05, 4.69) is 5.32 Å². The van der Waals surface area contributed by atoms with Crippen LogP contribution in [-0.2, 0) is 0 Å². The Morgan fingerprint density at radius 3 is 2.75 bits per heavy atom. The van der Waals surface area contributed by atoms with E-state index >= 15 is 0 Å². The molecule has 1 N–H and O–H groups in total. The van der Waals surface area contributed by atoms with Crippen molar-refractivity contribution < 1.29 is 14.3 Å². The SMILES string of the molecule is CNCC(=O)c1ccc(OC2CCSCC2)c(OC)c1. The van der Waals surface area contributed by atoms with Gasteiger partial charge in [-0.3, -0.25) is 4.79 Å². The Morgan fingerprint density at radius 1 is 1.35 bits per heavy atom. The van der Waals surface area contributed by atoms with Gasteiger partial charge in [0.15, 0.2) is 17.3 Å². The van der Waals surface area contributed by atoms with Crippen molar-refractivity contribution in [3.63, 3.8) is 0 Å². The van der Waals surface area contributed by atoms with E-state index in [9.17, 15) is 4.79 Å². The molecule has 0 atom stereocenters. The maximum Gasteiger partial charge on any atom is 0.176 e. The van der Waals surface area contributed by atoms with E-state index in [1.54, 1.807) is 26.3 Å². The Balaban J connectivity index is 2.10. The Bertz CT molecular complexity index is 458. The fourth-order valence-corrected chi connectivity index (χ4v) is 3.24. The summed E-state index contributed by atoms with van der Waals surface area (Å²) in [7, 11) is 3.36. The number of Topliss-reactive ketones (excluding diaryl/α,β-unsaturated/α-hetero) is 1. The molecule has 0 radical (unpaired) electrons. The van der Waals surface area contributed by atoms with Gasteiger partial charge in [-0.2, -0.15) is 11.8 Å². The summed E-state index contributed by atoms with van der Waals surface area (Å²) in [6.45, 7) is 0.323. The van der Waals surface area contributed by atoms with E-state index in [1.807, 2.05) is 17.8 Å². The van der Waals surface area contributed by atoms with E-state index in [0.29, 0.717) is 17.9 Å². The molecule has 5 heteroatoms. The molecule has 1 aliphatic rings. The fraction of sp³-hybridized carbons (Fsp3) is 0.533. The second-order valence-electron chi connectivity index (χ2n) is 4.75. The number of carbonyl (C=O) groups is 1. The van der Waals surface area contributed by atoms with E-state index in [0.717, 1.165) is 30.1 Å². The third-order valence-electron chi connectivity index (χ3n) is 3.28. The van der Waals surface area contributed by atoms with Crippen LogP contribution in [0.2, 0.25) is 0 Å². The van der Waals surface area contributed by atoms with Crippen LogP contribution in [0, 0.1) is 0 Å². The molecular formula is C15H21NO3S. The zero-order valence-corrected chi connectivity index (χ0v) is 12.8. The first-order chi connectivity index (χ1) is 9.74. The summed E-state index contributed by atoms with van der Waals surface area (Å²) >= 11 is 1.97. The Morgan fingerprint density at radius 2 is 2.10 bits per heavy atom. The summed E-state index contributed by atoms with van der Waals surface area (Å²) in [5.41, 5.74) is 0.641. The lowest BCUT2D eigenvalue weighted by Crippen LogP contribution is -2.22. The molecule has 0 bridgehead atoms. The number of rotatable bonds is 6. The number of ketones is 1. The number of likely N-dealkylation sites (N-methyl/N-ethyl adjacent to an activating group) is 1. The van der Waals surface area contributed by atoms with Gasteiger partial charge < -0.3 is 14.8 Å². The predicted molar refractivity (Wildman–Crippen MR) is 82.2 cm³/mol. The molecular weight excluding hydrogens is 274 g/mol. The average Bonchev–Trinajstić information content (AvgIpc) is 2.49. The lowest BCUT2D eigenvalue weighted by molar-refractivity contribution is 0.0993. The highest BCUT2D eigenvalue weighted by atomic mass is 32.2. The first kappa shape index (κ1) is 15.2. The number of hydrogen-bond acceptors (Lipinski definition) is 5. The lowest BCUT2D eigenvalue weighted by atomic mass is 10.1. The van der Waals surface area contributed by atoms with Gasteiger partial charge in [0, 0.05) is 5.56 Å². The van der Waals surface area contributed by atoms with Gasteiger partial charge in [-0.25, -0.2) is 0 Å². The van der Waals surface area contributed by atoms with Crippen molar-refractivity contribution in [1.82, 2.24) is 5.32 Å². The van der Waals surface area contributed by atoms with Crippen LogP contribution in [0.5, 0.6) is 11.5 Å².